The van der Waals surface area contributed by atoms with Crippen molar-refractivity contribution in [3.8, 4) is 0 Å². The Morgan fingerprint density at radius 1 is 1.48 bits per heavy atom. The molecule has 1 saturated heterocycles. The van der Waals surface area contributed by atoms with Gasteiger partial charge in [-0.05, 0) is 44.7 Å². The van der Waals surface area contributed by atoms with E-state index in [1.165, 1.54) is 18.6 Å². The second-order valence-electron chi connectivity index (χ2n) is 5.65. The molecule has 1 aromatic carbocycles. The monoisotopic (exact) mass is 310 g/mol. The van der Waals surface area contributed by atoms with Gasteiger partial charge in [0.05, 0.1) is 22.5 Å². The number of fused-ring (bicyclic) bond motifs is 1. The third kappa shape index (κ3) is 3.22. The Hall–Kier alpha value is -1.13. The molecule has 2 heterocycles. The first-order valence-electron chi connectivity index (χ1n) is 7.56. The Balaban J connectivity index is 1.86. The minimum absolute atomic E-state index is 0.201. The minimum atomic E-state index is -0.267. The van der Waals surface area contributed by atoms with Gasteiger partial charge in [-0.1, -0.05) is 0 Å². The van der Waals surface area contributed by atoms with Gasteiger partial charge in [0, 0.05) is 19.2 Å². The van der Waals surface area contributed by atoms with Crippen LogP contribution in [0.25, 0.3) is 11.0 Å². The number of halogens is 2. The van der Waals surface area contributed by atoms with E-state index in [0.29, 0.717) is 11.6 Å². The molecular formula is C16H20ClFN2O. The zero-order valence-electron chi connectivity index (χ0n) is 12.2. The summed E-state index contributed by atoms with van der Waals surface area (Å²) in [6.45, 7) is 3.56. The fraction of sp³-hybridized carbons (Fsp3) is 0.562. The summed E-state index contributed by atoms with van der Waals surface area (Å²) in [5, 5.41) is -0.201. The van der Waals surface area contributed by atoms with E-state index >= 15 is 0 Å². The van der Waals surface area contributed by atoms with Gasteiger partial charge < -0.3 is 9.30 Å². The first-order valence-corrected chi connectivity index (χ1v) is 8.00. The topological polar surface area (TPSA) is 27.1 Å². The smallest absolute Gasteiger partial charge is 0.127 e. The largest absolute Gasteiger partial charge is 0.378 e. The number of rotatable bonds is 4. The predicted molar refractivity (Wildman–Crippen MR) is 82.2 cm³/mol. The first-order chi connectivity index (χ1) is 10.1. The molecule has 1 aromatic heterocycles. The number of nitrogens with zero attached hydrogens (tertiary/aromatic N) is 2. The highest BCUT2D eigenvalue weighted by Gasteiger charge is 2.18. The molecule has 0 radical (unpaired) electrons. The molecule has 21 heavy (non-hydrogen) atoms. The maximum Gasteiger partial charge on any atom is 0.127 e. The minimum Gasteiger partial charge on any atom is -0.378 e. The Morgan fingerprint density at radius 2 is 2.33 bits per heavy atom. The average molecular weight is 311 g/mol. The maximum atomic E-state index is 13.4. The van der Waals surface area contributed by atoms with Gasteiger partial charge in [-0.25, -0.2) is 9.37 Å². The van der Waals surface area contributed by atoms with Gasteiger partial charge >= 0.3 is 0 Å². The third-order valence-corrected chi connectivity index (χ3v) is 4.24. The SMILES string of the molecule is CC(Cl)c1nc2cc(F)ccc2n1CCC1CCCCO1. The van der Waals surface area contributed by atoms with Crippen molar-refractivity contribution >= 4 is 22.6 Å². The van der Waals surface area contributed by atoms with E-state index in [-0.39, 0.29) is 11.2 Å². The van der Waals surface area contributed by atoms with Crippen LogP contribution in [0.5, 0.6) is 0 Å². The molecular weight excluding hydrogens is 291 g/mol. The predicted octanol–water partition coefficient (Wildman–Crippen LogP) is 4.43. The molecule has 0 saturated carbocycles. The summed E-state index contributed by atoms with van der Waals surface area (Å²) < 4.78 is 21.2. The molecule has 0 amide bonds. The molecule has 0 N–H and O–H groups in total. The number of benzene rings is 1. The van der Waals surface area contributed by atoms with Gasteiger partial charge in [-0.3, -0.25) is 0 Å². The van der Waals surface area contributed by atoms with Crippen LogP contribution in [0.1, 0.15) is 43.8 Å². The van der Waals surface area contributed by atoms with Crippen molar-refractivity contribution in [1.29, 1.82) is 0 Å². The summed E-state index contributed by atoms with van der Waals surface area (Å²) in [4.78, 5) is 4.49. The summed E-state index contributed by atoms with van der Waals surface area (Å²) in [6.07, 6.45) is 4.77. The summed E-state index contributed by atoms with van der Waals surface area (Å²) in [5.74, 6) is 0.532. The van der Waals surface area contributed by atoms with Crippen molar-refractivity contribution in [3.05, 3.63) is 29.8 Å². The fourth-order valence-electron chi connectivity index (χ4n) is 2.97. The molecule has 5 heteroatoms. The Labute approximate surface area is 129 Å². The van der Waals surface area contributed by atoms with Gasteiger partial charge in [-0.15, -0.1) is 11.6 Å². The molecule has 2 aromatic rings. The van der Waals surface area contributed by atoms with Crippen LogP contribution >= 0.6 is 11.6 Å². The van der Waals surface area contributed by atoms with Crippen LogP contribution in [0.15, 0.2) is 18.2 Å². The number of hydrogen-bond acceptors (Lipinski definition) is 2. The van der Waals surface area contributed by atoms with E-state index in [0.717, 1.165) is 43.8 Å². The van der Waals surface area contributed by atoms with E-state index in [1.807, 2.05) is 6.92 Å². The Kier molecular flexibility index (Phi) is 4.45. The standard InChI is InChI=1S/C16H20ClFN2O/c1-11(17)16-19-14-10-12(18)5-6-15(14)20(16)8-7-13-4-2-3-9-21-13/h5-6,10-11,13H,2-4,7-9H2,1H3. The molecule has 0 aliphatic carbocycles. The highest BCUT2D eigenvalue weighted by atomic mass is 35.5. The number of alkyl halides is 1. The average Bonchev–Trinajstić information content (AvgIpc) is 2.84. The number of aryl methyl sites for hydroxylation is 1. The van der Waals surface area contributed by atoms with Crippen molar-refractivity contribution in [2.45, 2.75) is 50.6 Å². The maximum absolute atomic E-state index is 13.4. The first kappa shape index (κ1) is 14.8. The van der Waals surface area contributed by atoms with Gasteiger partial charge in [0.15, 0.2) is 0 Å². The van der Waals surface area contributed by atoms with E-state index in [9.17, 15) is 4.39 Å². The molecule has 2 unspecified atom stereocenters. The molecule has 1 aliphatic heterocycles. The van der Waals surface area contributed by atoms with Crippen LogP contribution in [0, 0.1) is 5.82 Å². The Bertz CT molecular complexity index is 620. The fourth-order valence-corrected chi connectivity index (χ4v) is 3.14. The number of aromatic nitrogens is 2. The van der Waals surface area contributed by atoms with Crippen LogP contribution in [0.2, 0.25) is 0 Å². The van der Waals surface area contributed by atoms with Gasteiger partial charge in [0.25, 0.3) is 0 Å². The van der Waals surface area contributed by atoms with Crippen LogP contribution in [-0.4, -0.2) is 22.3 Å². The molecule has 1 fully saturated rings. The molecule has 0 spiro atoms. The van der Waals surface area contributed by atoms with Crippen molar-refractivity contribution in [1.82, 2.24) is 9.55 Å². The molecule has 114 valence electrons. The van der Waals surface area contributed by atoms with Crippen LogP contribution in [-0.2, 0) is 11.3 Å². The highest BCUT2D eigenvalue weighted by molar-refractivity contribution is 6.20. The molecule has 1 aliphatic rings. The van der Waals surface area contributed by atoms with Crippen LogP contribution in [0.4, 0.5) is 4.39 Å². The van der Waals surface area contributed by atoms with Gasteiger partial charge in [0.2, 0.25) is 0 Å². The zero-order valence-corrected chi connectivity index (χ0v) is 12.9. The lowest BCUT2D eigenvalue weighted by Gasteiger charge is -2.23. The summed E-state index contributed by atoms with van der Waals surface area (Å²) >= 11 is 6.23. The molecule has 2 atom stereocenters. The zero-order chi connectivity index (χ0) is 14.8. The second-order valence-corrected chi connectivity index (χ2v) is 6.30. The van der Waals surface area contributed by atoms with Crippen molar-refractivity contribution in [2.24, 2.45) is 0 Å². The van der Waals surface area contributed by atoms with E-state index in [1.54, 1.807) is 6.07 Å². The number of hydrogen-bond donors (Lipinski definition) is 0. The van der Waals surface area contributed by atoms with Crippen molar-refractivity contribution in [3.63, 3.8) is 0 Å². The van der Waals surface area contributed by atoms with E-state index < -0.39 is 0 Å². The molecule has 3 nitrogen and oxygen atoms in total. The highest BCUT2D eigenvalue weighted by Crippen LogP contribution is 2.26. The van der Waals surface area contributed by atoms with E-state index in [4.69, 9.17) is 16.3 Å². The lowest BCUT2D eigenvalue weighted by Crippen LogP contribution is -2.21. The number of ether oxygens (including phenoxy) is 1. The van der Waals surface area contributed by atoms with Gasteiger partial charge in [0.1, 0.15) is 11.6 Å². The van der Waals surface area contributed by atoms with Crippen LogP contribution in [0.3, 0.4) is 0 Å². The van der Waals surface area contributed by atoms with Crippen LogP contribution < -0.4 is 0 Å². The second kappa shape index (κ2) is 6.32. The third-order valence-electron chi connectivity index (χ3n) is 4.04. The van der Waals surface area contributed by atoms with Crippen molar-refractivity contribution in [2.75, 3.05) is 6.61 Å². The lowest BCUT2D eigenvalue weighted by atomic mass is 10.1. The quantitative estimate of drug-likeness (QED) is 0.781. The Morgan fingerprint density at radius 3 is 3.05 bits per heavy atom. The molecule has 3 rings (SSSR count). The van der Waals surface area contributed by atoms with E-state index in [2.05, 4.69) is 9.55 Å². The summed E-state index contributed by atoms with van der Waals surface area (Å²) in [5.41, 5.74) is 1.61. The van der Waals surface area contributed by atoms with Gasteiger partial charge in [-0.2, -0.15) is 0 Å². The van der Waals surface area contributed by atoms with Crippen molar-refractivity contribution < 1.29 is 9.13 Å². The molecule has 0 bridgehead atoms. The number of imidazole rings is 1. The normalized spacial score (nSPS) is 20.8. The summed E-state index contributed by atoms with van der Waals surface area (Å²) in [7, 11) is 0. The lowest BCUT2D eigenvalue weighted by molar-refractivity contribution is 0.00886. The summed E-state index contributed by atoms with van der Waals surface area (Å²) in [6, 6.07) is 4.72.